The van der Waals surface area contributed by atoms with Crippen LogP contribution < -0.4 is 0 Å². The average molecular weight is 189 g/mol. The fourth-order valence-corrected chi connectivity index (χ4v) is 3.48. The summed E-state index contributed by atoms with van der Waals surface area (Å²) < 4.78 is 6.08. The van der Waals surface area contributed by atoms with Crippen LogP contribution in [0.4, 0.5) is 0 Å². The molecule has 2 unspecified atom stereocenters. The van der Waals surface area contributed by atoms with Crippen molar-refractivity contribution in [3.05, 3.63) is 0 Å². The summed E-state index contributed by atoms with van der Waals surface area (Å²) in [6.45, 7) is 4.41. The topological polar surface area (TPSA) is 9.23 Å². The van der Waals surface area contributed by atoms with Gasteiger partial charge >= 0.3 is 0 Å². The first kappa shape index (κ1) is 8.83. The van der Waals surface area contributed by atoms with E-state index in [1.54, 1.807) is 0 Å². The molecule has 0 aliphatic carbocycles. The van der Waals surface area contributed by atoms with Crippen molar-refractivity contribution in [2.45, 2.75) is 62.5 Å². The van der Waals surface area contributed by atoms with Gasteiger partial charge in [-0.3, -0.25) is 0 Å². The molecule has 2 aliphatic heterocycles. The summed E-state index contributed by atoms with van der Waals surface area (Å²) in [6, 6.07) is 0. The van der Waals surface area contributed by atoms with Crippen molar-refractivity contribution in [3.8, 4) is 0 Å². The largest absolute Gasteiger partial charge is 0.369 e. The van der Waals surface area contributed by atoms with Crippen LogP contribution in [0.1, 0.15) is 46.0 Å². The Morgan fingerprint density at radius 3 is 2.17 bits per heavy atom. The second-order valence-corrected chi connectivity index (χ2v) is 5.48. The highest BCUT2D eigenvalue weighted by Gasteiger charge is 2.46. The third-order valence-electron chi connectivity index (χ3n) is 3.21. The molecule has 2 aliphatic rings. The Bertz CT molecular complexity index is 176. The van der Waals surface area contributed by atoms with Gasteiger partial charge in [0.15, 0.2) is 0 Å². The van der Waals surface area contributed by atoms with E-state index in [0.29, 0.717) is 5.38 Å². The third kappa shape index (κ3) is 1.49. The fourth-order valence-electron chi connectivity index (χ4n) is 2.83. The minimum absolute atomic E-state index is 0.0810. The van der Waals surface area contributed by atoms with E-state index in [1.165, 1.54) is 19.3 Å². The average Bonchev–Trinajstić information content (AvgIpc) is 1.79. The molecule has 2 saturated heterocycles. The number of hydrogen-bond donors (Lipinski definition) is 0. The summed E-state index contributed by atoms with van der Waals surface area (Å²) in [6.07, 6.45) is 5.74. The van der Waals surface area contributed by atoms with E-state index in [9.17, 15) is 0 Å². The predicted octanol–water partition coefficient (Wildman–Crippen LogP) is 3.11. The van der Waals surface area contributed by atoms with Gasteiger partial charge in [-0.05, 0) is 46.0 Å². The van der Waals surface area contributed by atoms with Crippen molar-refractivity contribution in [2.75, 3.05) is 0 Å². The quantitative estimate of drug-likeness (QED) is 0.531. The lowest BCUT2D eigenvalue weighted by molar-refractivity contribution is -0.202. The van der Waals surface area contributed by atoms with Crippen LogP contribution in [0.3, 0.4) is 0 Å². The number of hydrogen-bond acceptors (Lipinski definition) is 1. The normalized spacial score (nSPS) is 53.8. The first-order valence-corrected chi connectivity index (χ1v) is 5.29. The van der Waals surface area contributed by atoms with Gasteiger partial charge in [-0.15, -0.1) is 11.6 Å². The van der Waals surface area contributed by atoms with Gasteiger partial charge in [-0.25, -0.2) is 0 Å². The molecule has 2 heterocycles. The summed E-state index contributed by atoms with van der Waals surface area (Å²) in [5, 5.41) is 0.328. The van der Waals surface area contributed by atoms with Crippen LogP contribution in [0.2, 0.25) is 0 Å². The molecule has 2 heteroatoms. The van der Waals surface area contributed by atoms with Crippen molar-refractivity contribution in [2.24, 2.45) is 0 Å². The summed E-state index contributed by atoms with van der Waals surface area (Å²) in [4.78, 5) is 0. The van der Waals surface area contributed by atoms with Crippen LogP contribution in [0.25, 0.3) is 0 Å². The molecule has 0 aromatic heterocycles. The second-order valence-electron chi connectivity index (χ2n) is 4.86. The van der Waals surface area contributed by atoms with Crippen LogP contribution in [-0.2, 0) is 4.74 Å². The SMILES string of the molecule is CC12CCCC(C)(CC(Cl)C1)O2. The molecule has 0 spiro atoms. The Balaban J connectivity index is 2.19. The van der Waals surface area contributed by atoms with Gasteiger partial charge in [0.05, 0.1) is 11.2 Å². The highest BCUT2D eigenvalue weighted by atomic mass is 35.5. The van der Waals surface area contributed by atoms with Crippen LogP contribution in [0.15, 0.2) is 0 Å². The molecule has 70 valence electrons. The Morgan fingerprint density at radius 2 is 1.67 bits per heavy atom. The number of rotatable bonds is 0. The zero-order valence-electron chi connectivity index (χ0n) is 7.90. The Labute approximate surface area is 79.4 Å². The second kappa shape index (κ2) is 2.62. The zero-order chi connectivity index (χ0) is 8.82. The van der Waals surface area contributed by atoms with Gasteiger partial charge in [-0.1, -0.05) is 0 Å². The molecular formula is C10H17ClO. The van der Waals surface area contributed by atoms with Crippen LogP contribution >= 0.6 is 11.6 Å². The standard InChI is InChI=1S/C10H17ClO/c1-9-4-3-5-10(2,12-9)7-8(11)6-9/h8H,3-7H2,1-2H3. The predicted molar refractivity (Wildman–Crippen MR) is 50.6 cm³/mol. The molecule has 2 bridgehead atoms. The Morgan fingerprint density at radius 1 is 1.17 bits per heavy atom. The first-order chi connectivity index (χ1) is 5.52. The Hall–Kier alpha value is 0.250. The van der Waals surface area contributed by atoms with E-state index >= 15 is 0 Å². The van der Waals surface area contributed by atoms with Gasteiger partial charge in [-0.2, -0.15) is 0 Å². The molecule has 12 heavy (non-hydrogen) atoms. The third-order valence-corrected chi connectivity index (χ3v) is 3.52. The van der Waals surface area contributed by atoms with Crippen LogP contribution in [-0.4, -0.2) is 16.6 Å². The maximum Gasteiger partial charge on any atom is 0.0676 e. The van der Waals surface area contributed by atoms with Gasteiger partial charge in [0, 0.05) is 5.38 Å². The fraction of sp³-hybridized carbons (Fsp3) is 1.00. The minimum Gasteiger partial charge on any atom is -0.369 e. The zero-order valence-corrected chi connectivity index (χ0v) is 8.66. The first-order valence-electron chi connectivity index (χ1n) is 4.86. The van der Waals surface area contributed by atoms with E-state index in [-0.39, 0.29) is 11.2 Å². The Kier molecular flexibility index (Phi) is 1.93. The van der Waals surface area contributed by atoms with Crippen LogP contribution in [0.5, 0.6) is 0 Å². The van der Waals surface area contributed by atoms with Gasteiger partial charge in [0.1, 0.15) is 0 Å². The molecule has 2 atom stereocenters. The van der Waals surface area contributed by atoms with E-state index < -0.39 is 0 Å². The van der Waals surface area contributed by atoms with Crippen molar-refractivity contribution in [3.63, 3.8) is 0 Å². The lowest BCUT2D eigenvalue weighted by Gasteiger charge is -2.51. The van der Waals surface area contributed by atoms with Gasteiger partial charge < -0.3 is 4.74 Å². The monoisotopic (exact) mass is 188 g/mol. The molecule has 0 amide bonds. The van der Waals surface area contributed by atoms with Crippen molar-refractivity contribution in [1.82, 2.24) is 0 Å². The number of halogens is 1. The summed E-state index contributed by atoms with van der Waals surface area (Å²) >= 11 is 6.22. The number of alkyl halides is 1. The summed E-state index contributed by atoms with van der Waals surface area (Å²) in [5.74, 6) is 0. The lowest BCUT2D eigenvalue weighted by atomic mass is 9.76. The van der Waals surface area contributed by atoms with Gasteiger partial charge in [0.25, 0.3) is 0 Å². The van der Waals surface area contributed by atoms with Crippen molar-refractivity contribution < 1.29 is 4.74 Å². The number of ether oxygens (including phenoxy) is 1. The molecule has 1 nitrogen and oxygen atoms in total. The molecule has 2 fully saturated rings. The maximum atomic E-state index is 6.22. The molecule has 0 saturated carbocycles. The highest BCUT2D eigenvalue weighted by Crippen LogP contribution is 2.46. The molecule has 0 aromatic rings. The number of fused-ring (bicyclic) bond motifs is 2. The summed E-state index contributed by atoms with van der Waals surface area (Å²) in [7, 11) is 0. The van der Waals surface area contributed by atoms with Crippen molar-refractivity contribution in [1.29, 1.82) is 0 Å². The lowest BCUT2D eigenvalue weighted by Crippen LogP contribution is -2.52. The van der Waals surface area contributed by atoms with Gasteiger partial charge in [0.2, 0.25) is 0 Å². The van der Waals surface area contributed by atoms with E-state index in [4.69, 9.17) is 16.3 Å². The molecule has 0 N–H and O–H groups in total. The van der Waals surface area contributed by atoms with E-state index in [1.807, 2.05) is 0 Å². The van der Waals surface area contributed by atoms with Crippen molar-refractivity contribution >= 4 is 11.6 Å². The summed E-state index contributed by atoms with van der Waals surface area (Å²) in [5.41, 5.74) is 0.162. The molecule has 0 aromatic carbocycles. The maximum absolute atomic E-state index is 6.22. The molecule has 2 rings (SSSR count). The molecular weight excluding hydrogens is 172 g/mol. The smallest absolute Gasteiger partial charge is 0.0676 e. The minimum atomic E-state index is 0.0810. The van der Waals surface area contributed by atoms with E-state index in [2.05, 4.69) is 13.8 Å². The van der Waals surface area contributed by atoms with Crippen LogP contribution in [0, 0.1) is 0 Å². The van der Waals surface area contributed by atoms with E-state index in [0.717, 1.165) is 12.8 Å². The molecule has 0 radical (unpaired) electrons. The highest BCUT2D eigenvalue weighted by molar-refractivity contribution is 6.20.